The Hall–Kier alpha value is -3.72. The van der Waals surface area contributed by atoms with Gasteiger partial charge in [0.2, 0.25) is 0 Å². The number of para-hydroxylation sites is 1. The average Bonchev–Trinajstić information content (AvgIpc) is 3.41. The molecular formula is C20H18N4O4S. The third-order valence-corrected chi connectivity index (χ3v) is 4.58. The lowest BCUT2D eigenvalue weighted by Gasteiger charge is -2.06. The Morgan fingerprint density at radius 3 is 2.66 bits per heavy atom. The zero-order chi connectivity index (χ0) is 20.6. The van der Waals surface area contributed by atoms with Gasteiger partial charge in [-0.3, -0.25) is 10.1 Å². The molecule has 0 unspecified atom stereocenters. The van der Waals surface area contributed by atoms with Gasteiger partial charge in [-0.1, -0.05) is 30.3 Å². The Morgan fingerprint density at radius 2 is 1.97 bits per heavy atom. The maximum absolute atomic E-state index is 12.6. The number of esters is 1. The number of hydrogen-bond donors (Lipinski definition) is 2. The lowest BCUT2D eigenvalue weighted by Crippen LogP contribution is -2.41. The maximum Gasteiger partial charge on any atom is 0.342 e. The number of aromatic nitrogens is 2. The van der Waals surface area contributed by atoms with Gasteiger partial charge in [0.25, 0.3) is 5.91 Å². The predicted octanol–water partition coefficient (Wildman–Crippen LogP) is 2.77. The quantitative estimate of drug-likeness (QED) is 0.461. The second kappa shape index (κ2) is 9.47. The van der Waals surface area contributed by atoms with E-state index >= 15 is 0 Å². The van der Waals surface area contributed by atoms with Crippen molar-refractivity contribution >= 4 is 29.2 Å². The molecule has 0 saturated heterocycles. The third-order valence-electron chi connectivity index (χ3n) is 3.70. The minimum atomic E-state index is -0.743. The summed E-state index contributed by atoms with van der Waals surface area (Å²) in [7, 11) is 0. The molecule has 148 valence electrons. The fraction of sp³-hybridized carbons (Fsp3) is 0.100. The number of thiophene rings is 1. The molecule has 3 amide bonds. The van der Waals surface area contributed by atoms with E-state index in [4.69, 9.17) is 4.74 Å². The molecule has 8 nitrogen and oxygen atoms in total. The predicted molar refractivity (Wildman–Crippen MR) is 109 cm³/mol. The van der Waals surface area contributed by atoms with Crippen LogP contribution < -0.4 is 10.6 Å². The van der Waals surface area contributed by atoms with Crippen LogP contribution in [0.5, 0.6) is 0 Å². The molecule has 2 N–H and O–H groups in total. The number of rotatable bonds is 7. The first-order chi connectivity index (χ1) is 14.1. The summed E-state index contributed by atoms with van der Waals surface area (Å²) in [6.45, 7) is 3.07. The minimum absolute atomic E-state index is 0.210. The summed E-state index contributed by atoms with van der Waals surface area (Å²) < 4.78 is 6.66. The number of nitrogens with one attached hydrogen (secondary N) is 2. The molecule has 2 heterocycles. The van der Waals surface area contributed by atoms with Crippen molar-refractivity contribution in [2.45, 2.75) is 0 Å². The minimum Gasteiger partial charge on any atom is -0.452 e. The molecule has 1 aromatic carbocycles. The Labute approximate surface area is 170 Å². The highest BCUT2D eigenvalue weighted by Gasteiger charge is 2.21. The Morgan fingerprint density at radius 1 is 1.17 bits per heavy atom. The summed E-state index contributed by atoms with van der Waals surface area (Å²) in [4.78, 5) is 36.6. The number of nitrogens with zero attached hydrogens (tertiary/aromatic N) is 2. The third kappa shape index (κ3) is 5.17. The highest BCUT2D eigenvalue weighted by molar-refractivity contribution is 7.13. The molecule has 2 aromatic heterocycles. The summed E-state index contributed by atoms with van der Waals surface area (Å²) >= 11 is 1.43. The lowest BCUT2D eigenvalue weighted by molar-refractivity contribution is -0.123. The van der Waals surface area contributed by atoms with Crippen LogP contribution in [-0.2, 0) is 9.53 Å². The zero-order valence-corrected chi connectivity index (χ0v) is 16.1. The summed E-state index contributed by atoms with van der Waals surface area (Å²) in [5, 5.41) is 10.8. The number of imide groups is 1. The summed E-state index contributed by atoms with van der Waals surface area (Å²) in [6.07, 6.45) is 3.03. The number of ether oxygens (including phenoxy) is 1. The molecule has 0 radical (unpaired) electrons. The molecule has 0 aliphatic carbocycles. The Balaban J connectivity index is 1.74. The normalized spacial score (nSPS) is 10.2. The number of hydrogen-bond acceptors (Lipinski definition) is 6. The van der Waals surface area contributed by atoms with Crippen molar-refractivity contribution in [1.29, 1.82) is 0 Å². The van der Waals surface area contributed by atoms with E-state index in [1.54, 1.807) is 10.9 Å². The lowest BCUT2D eigenvalue weighted by atomic mass is 10.2. The Bertz CT molecular complexity index is 1010. The van der Waals surface area contributed by atoms with Crippen LogP contribution in [0.3, 0.4) is 0 Å². The molecule has 0 aliphatic heterocycles. The molecule has 0 fully saturated rings. The van der Waals surface area contributed by atoms with E-state index in [2.05, 4.69) is 22.3 Å². The van der Waals surface area contributed by atoms with Crippen molar-refractivity contribution in [1.82, 2.24) is 20.4 Å². The number of carbonyl (C=O) groups is 3. The summed E-state index contributed by atoms with van der Waals surface area (Å²) in [5.41, 5.74) is 1.46. The second-order valence-electron chi connectivity index (χ2n) is 5.77. The topological polar surface area (TPSA) is 102 Å². The van der Waals surface area contributed by atoms with Crippen LogP contribution in [0, 0.1) is 0 Å². The number of urea groups is 1. The molecule has 0 aliphatic rings. The van der Waals surface area contributed by atoms with Crippen LogP contribution in [0.15, 0.2) is 66.7 Å². The molecule has 29 heavy (non-hydrogen) atoms. The van der Waals surface area contributed by atoms with Crippen LogP contribution in [0.4, 0.5) is 4.79 Å². The zero-order valence-electron chi connectivity index (χ0n) is 15.3. The van der Waals surface area contributed by atoms with E-state index in [1.807, 2.05) is 47.8 Å². The molecule has 0 bridgehead atoms. The Kier molecular flexibility index (Phi) is 6.54. The van der Waals surface area contributed by atoms with Crippen LogP contribution in [0.2, 0.25) is 0 Å². The first-order valence-electron chi connectivity index (χ1n) is 8.63. The fourth-order valence-corrected chi connectivity index (χ4v) is 3.14. The molecule has 9 heteroatoms. The van der Waals surface area contributed by atoms with Gasteiger partial charge in [0.05, 0.1) is 10.6 Å². The van der Waals surface area contributed by atoms with E-state index in [9.17, 15) is 14.4 Å². The smallest absolute Gasteiger partial charge is 0.342 e. The van der Waals surface area contributed by atoms with Gasteiger partial charge in [-0.2, -0.15) is 5.10 Å². The summed E-state index contributed by atoms with van der Waals surface area (Å²) in [6, 6.07) is 12.3. The van der Waals surface area contributed by atoms with Gasteiger partial charge < -0.3 is 10.1 Å². The highest BCUT2D eigenvalue weighted by atomic mass is 32.1. The first kappa shape index (κ1) is 20.0. The molecule has 3 rings (SSSR count). The number of amides is 3. The van der Waals surface area contributed by atoms with Crippen molar-refractivity contribution in [3.63, 3.8) is 0 Å². The molecule has 0 spiro atoms. The van der Waals surface area contributed by atoms with Crippen LogP contribution in [0.1, 0.15) is 10.4 Å². The van der Waals surface area contributed by atoms with Crippen molar-refractivity contribution in [2.75, 3.05) is 13.2 Å². The van der Waals surface area contributed by atoms with Gasteiger partial charge in [0.1, 0.15) is 11.3 Å². The van der Waals surface area contributed by atoms with Gasteiger partial charge in [0, 0.05) is 12.7 Å². The van der Waals surface area contributed by atoms with Gasteiger partial charge in [0.15, 0.2) is 6.61 Å². The second-order valence-corrected chi connectivity index (χ2v) is 6.72. The monoisotopic (exact) mass is 410 g/mol. The van der Waals surface area contributed by atoms with E-state index in [1.165, 1.54) is 17.4 Å². The van der Waals surface area contributed by atoms with Crippen LogP contribution in [0.25, 0.3) is 16.3 Å². The van der Waals surface area contributed by atoms with E-state index in [-0.39, 0.29) is 12.1 Å². The largest absolute Gasteiger partial charge is 0.452 e. The summed E-state index contributed by atoms with van der Waals surface area (Å²) in [5.74, 6) is -1.45. The molecule has 0 saturated carbocycles. The van der Waals surface area contributed by atoms with Crippen molar-refractivity contribution < 1.29 is 19.1 Å². The molecule has 3 aromatic rings. The first-order valence-corrected chi connectivity index (χ1v) is 9.51. The van der Waals surface area contributed by atoms with E-state index in [0.717, 1.165) is 10.6 Å². The van der Waals surface area contributed by atoms with Crippen molar-refractivity contribution in [3.8, 4) is 16.3 Å². The molecular weight excluding hydrogens is 392 g/mol. The SMILES string of the molecule is C=CCNC(=O)NC(=O)COC(=O)c1cn(-c2ccccc2)nc1-c1cccs1. The standard InChI is InChI=1S/C20H18N4O4S/c1-2-10-21-20(27)22-17(25)13-28-19(26)15-12-24(14-7-4-3-5-8-14)23-18(15)16-9-6-11-29-16/h2-9,11-12H,1,10,13H2,(H2,21,22,25,27). The van der Waals surface area contributed by atoms with Crippen LogP contribution >= 0.6 is 11.3 Å². The maximum atomic E-state index is 12.6. The molecule has 0 atom stereocenters. The fourth-order valence-electron chi connectivity index (χ4n) is 2.41. The highest BCUT2D eigenvalue weighted by Crippen LogP contribution is 2.28. The van der Waals surface area contributed by atoms with Gasteiger partial charge in [-0.25, -0.2) is 14.3 Å². The van der Waals surface area contributed by atoms with E-state index in [0.29, 0.717) is 5.69 Å². The van der Waals surface area contributed by atoms with Gasteiger partial charge in [-0.05, 0) is 23.6 Å². The van der Waals surface area contributed by atoms with Crippen molar-refractivity contribution in [3.05, 3.63) is 72.3 Å². The van der Waals surface area contributed by atoms with E-state index < -0.39 is 24.5 Å². The van der Waals surface area contributed by atoms with Crippen molar-refractivity contribution in [2.24, 2.45) is 0 Å². The van der Waals surface area contributed by atoms with Crippen LogP contribution in [-0.4, -0.2) is 40.8 Å². The number of carbonyl (C=O) groups excluding carboxylic acids is 3. The van der Waals surface area contributed by atoms with Gasteiger partial charge >= 0.3 is 12.0 Å². The number of benzene rings is 1. The average molecular weight is 410 g/mol. The van der Waals surface area contributed by atoms with Gasteiger partial charge in [-0.15, -0.1) is 17.9 Å².